The third-order valence-electron chi connectivity index (χ3n) is 2.57. The highest BCUT2D eigenvalue weighted by Crippen LogP contribution is 2.24. The number of rotatable bonds is 3. The number of benzene rings is 2. The molecule has 7 heteroatoms. The van der Waals surface area contributed by atoms with Gasteiger partial charge in [0.05, 0.1) is 4.92 Å². The van der Waals surface area contributed by atoms with Crippen molar-refractivity contribution in [2.75, 3.05) is 11.1 Å². The van der Waals surface area contributed by atoms with Crippen molar-refractivity contribution in [2.24, 2.45) is 0 Å². The van der Waals surface area contributed by atoms with Crippen molar-refractivity contribution in [1.29, 1.82) is 0 Å². The summed E-state index contributed by atoms with van der Waals surface area (Å²) in [5, 5.41) is 13.7. The molecule has 0 saturated carbocycles. The minimum atomic E-state index is -0.631. The first kappa shape index (κ1) is 13.8. The minimum Gasteiger partial charge on any atom is -0.399 e. The van der Waals surface area contributed by atoms with Gasteiger partial charge in [0.15, 0.2) is 0 Å². The van der Waals surface area contributed by atoms with E-state index in [0.29, 0.717) is 11.4 Å². The van der Waals surface area contributed by atoms with Gasteiger partial charge in [-0.3, -0.25) is 14.9 Å². The summed E-state index contributed by atoms with van der Waals surface area (Å²) in [7, 11) is 0. The summed E-state index contributed by atoms with van der Waals surface area (Å²) in [5.74, 6) is -0.607. The van der Waals surface area contributed by atoms with E-state index < -0.39 is 10.8 Å². The summed E-state index contributed by atoms with van der Waals surface area (Å²) in [6.45, 7) is 0. The van der Waals surface area contributed by atoms with Crippen LogP contribution in [0.4, 0.5) is 17.1 Å². The number of carbonyl (C=O) groups is 1. The summed E-state index contributed by atoms with van der Waals surface area (Å²) in [5.41, 5.74) is 6.17. The quantitative estimate of drug-likeness (QED) is 0.516. The van der Waals surface area contributed by atoms with E-state index in [4.69, 9.17) is 17.3 Å². The van der Waals surface area contributed by atoms with Gasteiger partial charge in [-0.05, 0) is 36.4 Å². The number of anilines is 2. The molecule has 0 aliphatic rings. The number of nitrogen functional groups attached to an aromatic ring is 1. The predicted octanol–water partition coefficient (Wildman–Crippen LogP) is 3.08. The minimum absolute atomic E-state index is 0.0978. The third-order valence-corrected chi connectivity index (χ3v) is 2.80. The Labute approximate surface area is 119 Å². The first-order valence-electron chi connectivity index (χ1n) is 5.58. The van der Waals surface area contributed by atoms with Crippen molar-refractivity contribution in [3.05, 3.63) is 63.2 Å². The van der Waals surface area contributed by atoms with Crippen molar-refractivity contribution in [3.8, 4) is 0 Å². The van der Waals surface area contributed by atoms with Gasteiger partial charge in [-0.15, -0.1) is 0 Å². The fourth-order valence-electron chi connectivity index (χ4n) is 1.61. The molecule has 2 rings (SSSR count). The summed E-state index contributed by atoms with van der Waals surface area (Å²) in [4.78, 5) is 22.3. The molecule has 0 heterocycles. The monoisotopic (exact) mass is 291 g/mol. The zero-order chi connectivity index (χ0) is 14.7. The van der Waals surface area contributed by atoms with Crippen molar-refractivity contribution in [3.63, 3.8) is 0 Å². The second-order valence-electron chi connectivity index (χ2n) is 3.99. The van der Waals surface area contributed by atoms with Gasteiger partial charge in [0.1, 0.15) is 5.56 Å². The van der Waals surface area contributed by atoms with Crippen LogP contribution < -0.4 is 11.1 Å². The average molecular weight is 292 g/mol. The van der Waals surface area contributed by atoms with Crippen LogP contribution in [0.25, 0.3) is 0 Å². The van der Waals surface area contributed by atoms with Crippen LogP contribution >= 0.6 is 11.6 Å². The van der Waals surface area contributed by atoms with Crippen molar-refractivity contribution in [2.45, 2.75) is 0 Å². The molecule has 0 aliphatic carbocycles. The van der Waals surface area contributed by atoms with Crippen molar-refractivity contribution in [1.82, 2.24) is 0 Å². The van der Waals surface area contributed by atoms with Gasteiger partial charge < -0.3 is 11.1 Å². The summed E-state index contributed by atoms with van der Waals surface area (Å²) in [6, 6.07) is 10.2. The van der Waals surface area contributed by atoms with E-state index in [0.717, 1.165) is 0 Å². The Morgan fingerprint density at radius 2 is 1.85 bits per heavy atom. The van der Waals surface area contributed by atoms with Gasteiger partial charge in [0.25, 0.3) is 11.6 Å². The van der Waals surface area contributed by atoms with Gasteiger partial charge in [0.2, 0.25) is 0 Å². The molecule has 0 aliphatic heterocycles. The van der Waals surface area contributed by atoms with E-state index in [1.54, 1.807) is 24.3 Å². The maximum absolute atomic E-state index is 12.1. The van der Waals surface area contributed by atoms with E-state index in [1.165, 1.54) is 18.2 Å². The molecule has 1 amide bonds. The molecule has 6 nitrogen and oxygen atoms in total. The van der Waals surface area contributed by atoms with Crippen molar-refractivity contribution >= 4 is 34.6 Å². The molecule has 0 saturated heterocycles. The molecule has 2 aromatic carbocycles. The number of hydrogen-bond acceptors (Lipinski definition) is 4. The maximum Gasteiger partial charge on any atom is 0.282 e. The van der Waals surface area contributed by atoms with E-state index in [9.17, 15) is 14.9 Å². The van der Waals surface area contributed by atoms with E-state index in [-0.39, 0.29) is 16.3 Å². The van der Waals surface area contributed by atoms with Crippen LogP contribution in [0.15, 0.2) is 42.5 Å². The van der Waals surface area contributed by atoms with Crippen molar-refractivity contribution < 1.29 is 9.72 Å². The number of nitrogens with one attached hydrogen (secondary N) is 1. The third kappa shape index (κ3) is 3.04. The highest BCUT2D eigenvalue weighted by Gasteiger charge is 2.20. The topological polar surface area (TPSA) is 98.3 Å². The molecule has 0 atom stereocenters. The number of nitrogens with zero attached hydrogens (tertiary/aromatic N) is 1. The number of amides is 1. The first-order chi connectivity index (χ1) is 9.47. The molecule has 102 valence electrons. The van der Waals surface area contributed by atoms with Crippen LogP contribution in [-0.2, 0) is 0 Å². The standard InChI is InChI=1S/C13H10ClN3O3/c14-8-1-6-12(17(19)20)11(7-8)13(18)16-10-4-2-9(15)3-5-10/h1-7H,15H2,(H,16,18). The Hall–Kier alpha value is -2.60. The maximum atomic E-state index is 12.1. The molecule has 20 heavy (non-hydrogen) atoms. The van der Waals surface area contributed by atoms with Crippen LogP contribution in [0.5, 0.6) is 0 Å². The molecule has 0 radical (unpaired) electrons. The Balaban J connectivity index is 2.31. The summed E-state index contributed by atoms with van der Waals surface area (Å²) >= 11 is 5.77. The van der Waals surface area contributed by atoms with E-state index in [1.807, 2.05) is 0 Å². The zero-order valence-corrected chi connectivity index (χ0v) is 10.9. The highest BCUT2D eigenvalue weighted by molar-refractivity contribution is 6.31. The Morgan fingerprint density at radius 1 is 1.20 bits per heavy atom. The Bertz CT molecular complexity index is 671. The number of hydrogen-bond donors (Lipinski definition) is 2. The SMILES string of the molecule is Nc1ccc(NC(=O)c2cc(Cl)ccc2[N+](=O)[O-])cc1. The zero-order valence-electron chi connectivity index (χ0n) is 10.2. The largest absolute Gasteiger partial charge is 0.399 e. The van der Waals surface area contributed by atoms with Crippen LogP contribution in [0.2, 0.25) is 5.02 Å². The lowest BCUT2D eigenvalue weighted by Gasteiger charge is -2.06. The molecule has 0 fully saturated rings. The van der Waals surface area contributed by atoms with Crippen LogP contribution in [0.3, 0.4) is 0 Å². The second-order valence-corrected chi connectivity index (χ2v) is 4.43. The molecule has 0 spiro atoms. The van der Waals surface area contributed by atoms with Crippen LogP contribution in [0, 0.1) is 10.1 Å². The van der Waals surface area contributed by atoms with E-state index >= 15 is 0 Å². The molecule has 0 aromatic heterocycles. The number of halogens is 1. The normalized spacial score (nSPS) is 10.1. The predicted molar refractivity (Wildman–Crippen MR) is 76.9 cm³/mol. The highest BCUT2D eigenvalue weighted by atomic mass is 35.5. The van der Waals surface area contributed by atoms with Crippen LogP contribution in [0.1, 0.15) is 10.4 Å². The molecule has 0 bridgehead atoms. The molecule has 0 unspecified atom stereocenters. The number of nitro groups is 1. The Morgan fingerprint density at radius 3 is 2.45 bits per heavy atom. The Kier molecular flexibility index (Phi) is 3.86. The summed E-state index contributed by atoms with van der Waals surface area (Å²) < 4.78 is 0. The molecule has 2 aromatic rings. The lowest BCUT2D eigenvalue weighted by Crippen LogP contribution is -2.14. The van der Waals surface area contributed by atoms with E-state index in [2.05, 4.69) is 5.32 Å². The first-order valence-corrected chi connectivity index (χ1v) is 5.96. The fourth-order valence-corrected chi connectivity index (χ4v) is 1.79. The summed E-state index contributed by atoms with van der Waals surface area (Å²) in [6.07, 6.45) is 0. The molecular formula is C13H10ClN3O3. The van der Waals surface area contributed by atoms with Gasteiger partial charge in [-0.25, -0.2) is 0 Å². The lowest BCUT2D eigenvalue weighted by atomic mass is 10.1. The van der Waals surface area contributed by atoms with Crippen LogP contribution in [-0.4, -0.2) is 10.8 Å². The lowest BCUT2D eigenvalue weighted by molar-refractivity contribution is -0.385. The van der Waals surface area contributed by atoms with Gasteiger partial charge in [-0.2, -0.15) is 0 Å². The van der Waals surface area contributed by atoms with Gasteiger partial charge >= 0.3 is 0 Å². The molecule has 3 N–H and O–H groups in total. The smallest absolute Gasteiger partial charge is 0.282 e. The second kappa shape index (κ2) is 5.58. The molecular weight excluding hydrogens is 282 g/mol. The number of carbonyl (C=O) groups excluding carboxylic acids is 1. The van der Waals surface area contributed by atoms with Gasteiger partial charge in [0, 0.05) is 22.5 Å². The number of nitro benzene ring substituents is 1. The average Bonchev–Trinajstić information content (AvgIpc) is 2.41. The number of nitrogens with two attached hydrogens (primary N) is 1. The fraction of sp³-hybridized carbons (Fsp3) is 0. The van der Waals surface area contributed by atoms with Gasteiger partial charge in [-0.1, -0.05) is 11.6 Å².